The lowest BCUT2D eigenvalue weighted by molar-refractivity contribution is -0.141. The highest BCUT2D eigenvalue weighted by molar-refractivity contribution is 5.74. The van der Waals surface area contributed by atoms with E-state index in [1.54, 1.807) is 6.92 Å². The van der Waals surface area contributed by atoms with Gasteiger partial charge >= 0.3 is 12.0 Å². The van der Waals surface area contributed by atoms with E-state index in [0.29, 0.717) is 19.6 Å². The molecule has 0 aliphatic carbocycles. The van der Waals surface area contributed by atoms with Crippen molar-refractivity contribution in [2.45, 2.75) is 58.9 Å². The molecule has 2 unspecified atom stereocenters. The highest BCUT2D eigenvalue weighted by Crippen LogP contribution is 2.09. The summed E-state index contributed by atoms with van der Waals surface area (Å²) in [7, 11) is 0. The molecule has 0 heterocycles. The summed E-state index contributed by atoms with van der Waals surface area (Å²) >= 11 is 0. The van der Waals surface area contributed by atoms with Crippen LogP contribution in [0.15, 0.2) is 0 Å². The molecule has 2 atom stereocenters. The Hall–Kier alpha value is -1.30. The quantitative estimate of drug-likeness (QED) is 0.483. The molecule has 21 heavy (non-hydrogen) atoms. The zero-order valence-corrected chi connectivity index (χ0v) is 13.5. The molecule has 0 aliphatic heterocycles. The Morgan fingerprint density at radius 1 is 1.14 bits per heavy atom. The molecule has 124 valence electrons. The maximum atomic E-state index is 11.6. The standard InChI is InChI=1S/C15H30N2O4/c1-4-10-21-11-6-9-16-15(20)17-13(3)8-5-7-12(2)14(18)19/h12-13H,4-11H2,1-3H3,(H,18,19)(H2,16,17,20). The third kappa shape index (κ3) is 12.2. The summed E-state index contributed by atoms with van der Waals surface area (Å²) in [5, 5.41) is 14.4. The van der Waals surface area contributed by atoms with Crippen molar-refractivity contribution < 1.29 is 19.4 Å². The van der Waals surface area contributed by atoms with Gasteiger partial charge in [0.25, 0.3) is 0 Å². The number of carbonyl (C=O) groups is 2. The van der Waals surface area contributed by atoms with Crippen molar-refractivity contribution in [3.8, 4) is 0 Å². The van der Waals surface area contributed by atoms with Gasteiger partial charge in [-0.25, -0.2) is 4.79 Å². The van der Waals surface area contributed by atoms with E-state index in [1.807, 2.05) is 6.92 Å². The van der Waals surface area contributed by atoms with Gasteiger partial charge < -0.3 is 20.5 Å². The van der Waals surface area contributed by atoms with Gasteiger partial charge in [0.15, 0.2) is 0 Å². The first-order chi connectivity index (χ1) is 9.97. The van der Waals surface area contributed by atoms with Crippen LogP contribution in [0.25, 0.3) is 0 Å². The second kappa shape index (κ2) is 12.4. The molecule has 0 bridgehead atoms. The summed E-state index contributed by atoms with van der Waals surface area (Å²) in [6, 6.07) is -0.133. The summed E-state index contributed by atoms with van der Waals surface area (Å²) in [5.74, 6) is -1.09. The second-order valence-corrected chi connectivity index (χ2v) is 5.44. The predicted octanol–water partition coefficient (Wildman–Crippen LogP) is 2.38. The molecular weight excluding hydrogens is 272 g/mol. The van der Waals surface area contributed by atoms with Gasteiger partial charge in [0, 0.05) is 25.8 Å². The zero-order chi connectivity index (χ0) is 16.1. The molecule has 0 spiro atoms. The topological polar surface area (TPSA) is 87.7 Å². The lowest BCUT2D eigenvalue weighted by Crippen LogP contribution is -2.41. The van der Waals surface area contributed by atoms with Crippen molar-refractivity contribution in [3.63, 3.8) is 0 Å². The zero-order valence-electron chi connectivity index (χ0n) is 13.5. The van der Waals surface area contributed by atoms with Gasteiger partial charge in [-0.3, -0.25) is 4.79 Å². The molecule has 0 fully saturated rings. The highest BCUT2D eigenvalue weighted by atomic mass is 16.5. The van der Waals surface area contributed by atoms with E-state index in [4.69, 9.17) is 9.84 Å². The summed E-state index contributed by atoms with van der Waals surface area (Å²) in [4.78, 5) is 22.3. The van der Waals surface area contributed by atoms with E-state index in [1.165, 1.54) is 0 Å². The number of urea groups is 1. The third-order valence-electron chi connectivity index (χ3n) is 3.17. The molecule has 0 aliphatic rings. The van der Waals surface area contributed by atoms with Crippen molar-refractivity contribution in [1.82, 2.24) is 10.6 Å². The largest absolute Gasteiger partial charge is 0.481 e. The molecule has 0 saturated heterocycles. The first-order valence-corrected chi connectivity index (χ1v) is 7.82. The van der Waals surface area contributed by atoms with Crippen molar-refractivity contribution in [1.29, 1.82) is 0 Å². The summed E-state index contributed by atoms with van der Waals surface area (Å²) in [6.45, 7) is 7.71. The number of aliphatic carboxylic acids is 1. The molecule has 6 heteroatoms. The first-order valence-electron chi connectivity index (χ1n) is 7.82. The molecule has 0 aromatic rings. The number of amides is 2. The Morgan fingerprint density at radius 2 is 1.86 bits per heavy atom. The fourth-order valence-electron chi connectivity index (χ4n) is 1.82. The number of hydrogen-bond acceptors (Lipinski definition) is 3. The normalized spacial score (nSPS) is 13.5. The molecule has 0 aromatic carbocycles. The van der Waals surface area contributed by atoms with Crippen molar-refractivity contribution >= 4 is 12.0 Å². The molecular formula is C15H30N2O4. The minimum absolute atomic E-state index is 0.0438. The lowest BCUT2D eigenvalue weighted by atomic mass is 10.0. The van der Waals surface area contributed by atoms with Crippen LogP contribution in [0.4, 0.5) is 4.79 Å². The Balaban J connectivity index is 3.54. The molecule has 6 nitrogen and oxygen atoms in total. The minimum Gasteiger partial charge on any atom is -0.481 e. The average Bonchev–Trinajstić information content (AvgIpc) is 2.42. The van der Waals surface area contributed by atoms with Crippen LogP contribution in [0.1, 0.15) is 52.9 Å². The van der Waals surface area contributed by atoms with E-state index in [0.717, 1.165) is 32.3 Å². The van der Waals surface area contributed by atoms with Crippen LogP contribution in [0.3, 0.4) is 0 Å². The second-order valence-electron chi connectivity index (χ2n) is 5.44. The van der Waals surface area contributed by atoms with E-state index in [9.17, 15) is 9.59 Å². The number of nitrogens with one attached hydrogen (secondary N) is 2. The maximum Gasteiger partial charge on any atom is 0.314 e. The number of ether oxygens (including phenoxy) is 1. The molecule has 3 N–H and O–H groups in total. The number of rotatable bonds is 12. The number of carboxylic acids is 1. The Labute approximate surface area is 127 Å². The van der Waals surface area contributed by atoms with Crippen LogP contribution < -0.4 is 10.6 Å². The van der Waals surface area contributed by atoms with Gasteiger partial charge in [-0.2, -0.15) is 0 Å². The Morgan fingerprint density at radius 3 is 2.48 bits per heavy atom. The Kier molecular flexibility index (Phi) is 11.7. The highest BCUT2D eigenvalue weighted by Gasteiger charge is 2.12. The summed E-state index contributed by atoms with van der Waals surface area (Å²) in [5.41, 5.74) is 0. The molecule has 2 amide bonds. The number of carbonyl (C=O) groups excluding carboxylic acids is 1. The van der Waals surface area contributed by atoms with Crippen LogP contribution in [0, 0.1) is 5.92 Å². The van der Waals surface area contributed by atoms with Crippen molar-refractivity contribution in [3.05, 3.63) is 0 Å². The third-order valence-corrected chi connectivity index (χ3v) is 3.17. The van der Waals surface area contributed by atoms with Crippen LogP contribution in [-0.2, 0) is 9.53 Å². The maximum absolute atomic E-state index is 11.6. The number of hydrogen-bond donors (Lipinski definition) is 3. The summed E-state index contributed by atoms with van der Waals surface area (Å²) < 4.78 is 5.32. The Bertz CT molecular complexity index is 297. The van der Waals surface area contributed by atoms with Crippen LogP contribution in [0.5, 0.6) is 0 Å². The van der Waals surface area contributed by atoms with E-state index < -0.39 is 5.97 Å². The van der Waals surface area contributed by atoms with Gasteiger partial charge in [0.2, 0.25) is 0 Å². The van der Waals surface area contributed by atoms with E-state index in [2.05, 4.69) is 17.6 Å². The van der Waals surface area contributed by atoms with Gasteiger partial charge in [-0.15, -0.1) is 0 Å². The molecule has 0 rings (SSSR count). The average molecular weight is 302 g/mol. The van der Waals surface area contributed by atoms with Gasteiger partial charge in [0.05, 0.1) is 5.92 Å². The summed E-state index contributed by atoms with van der Waals surface area (Å²) in [6.07, 6.45) is 4.02. The van der Waals surface area contributed by atoms with Crippen LogP contribution in [0.2, 0.25) is 0 Å². The van der Waals surface area contributed by atoms with Gasteiger partial charge in [0.1, 0.15) is 0 Å². The van der Waals surface area contributed by atoms with Gasteiger partial charge in [-0.1, -0.05) is 20.3 Å². The predicted molar refractivity (Wildman–Crippen MR) is 82.4 cm³/mol. The van der Waals surface area contributed by atoms with Crippen LogP contribution >= 0.6 is 0 Å². The van der Waals surface area contributed by atoms with E-state index >= 15 is 0 Å². The monoisotopic (exact) mass is 302 g/mol. The van der Waals surface area contributed by atoms with Crippen molar-refractivity contribution in [2.75, 3.05) is 19.8 Å². The first kappa shape index (κ1) is 19.7. The molecule has 0 saturated carbocycles. The smallest absolute Gasteiger partial charge is 0.314 e. The SMILES string of the molecule is CCCOCCCNC(=O)NC(C)CCCC(C)C(=O)O. The fourth-order valence-corrected chi connectivity index (χ4v) is 1.82. The minimum atomic E-state index is -0.765. The molecule has 0 aromatic heterocycles. The van der Waals surface area contributed by atoms with E-state index in [-0.39, 0.29) is 18.0 Å². The van der Waals surface area contributed by atoms with Crippen molar-refractivity contribution in [2.24, 2.45) is 5.92 Å². The number of carboxylic acid groups (broad SMARTS) is 1. The fraction of sp³-hybridized carbons (Fsp3) is 0.867. The van der Waals surface area contributed by atoms with Crippen LogP contribution in [-0.4, -0.2) is 42.9 Å². The van der Waals surface area contributed by atoms with Gasteiger partial charge in [-0.05, 0) is 32.6 Å². The lowest BCUT2D eigenvalue weighted by Gasteiger charge is -2.15. The molecule has 0 radical (unpaired) electrons.